The molecule has 0 saturated carbocycles. The summed E-state index contributed by atoms with van der Waals surface area (Å²) in [6.07, 6.45) is 3.68. The highest BCUT2D eigenvalue weighted by Gasteiger charge is 2.41. The second-order valence-electron chi connectivity index (χ2n) is 16.8. The fourth-order valence-electron chi connectivity index (χ4n) is 6.38. The van der Waals surface area contributed by atoms with E-state index in [1.807, 2.05) is 0 Å². The zero-order valence-electron chi connectivity index (χ0n) is 33.3. The molecule has 0 aliphatic rings. The zero-order valence-corrected chi connectivity index (χ0v) is 35.5. The molecule has 0 unspecified atom stereocenters. The van der Waals surface area contributed by atoms with Gasteiger partial charge in [0.1, 0.15) is 0 Å². The lowest BCUT2D eigenvalue weighted by molar-refractivity contribution is 0.606. The van der Waals surface area contributed by atoms with E-state index in [0.29, 0.717) is 5.92 Å². The van der Waals surface area contributed by atoms with Crippen LogP contribution in [0.15, 0.2) is 11.6 Å². The van der Waals surface area contributed by atoms with E-state index in [-0.39, 0.29) is 0 Å². The van der Waals surface area contributed by atoms with Crippen molar-refractivity contribution in [1.82, 2.24) is 0 Å². The molecule has 0 aromatic carbocycles. The Kier molecular flexibility index (Phi) is 34.8. The van der Waals surface area contributed by atoms with Gasteiger partial charge in [0, 0.05) is 8.80 Å². The highest BCUT2D eigenvalue weighted by atomic mass is 28.3. The molecule has 0 aliphatic heterocycles. The molecular formula is C38H88Si2. The molecule has 0 aliphatic carbocycles. The minimum Gasteiger partial charge on any atom is -0.0833 e. The molecule has 0 saturated heterocycles. The smallest absolute Gasteiger partial charge is 0.0612 e. The summed E-state index contributed by atoms with van der Waals surface area (Å²) < 4.78 is 0. The van der Waals surface area contributed by atoms with E-state index in [1.165, 1.54) is 18.0 Å². The van der Waals surface area contributed by atoms with Gasteiger partial charge in [-0.15, -0.1) is 0 Å². The van der Waals surface area contributed by atoms with Crippen molar-refractivity contribution in [2.75, 3.05) is 0 Å². The minimum atomic E-state index is -1.09. The van der Waals surface area contributed by atoms with Gasteiger partial charge in [-0.1, -0.05) is 210 Å². The summed E-state index contributed by atoms with van der Waals surface area (Å²) in [5.41, 5.74) is 7.11. The van der Waals surface area contributed by atoms with Gasteiger partial charge in [-0.25, -0.2) is 0 Å². The van der Waals surface area contributed by atoms with Crippen LogP contribution in [0.5, 0.6) is 0 Å². The van der Waals surface area contributed by atoms with E-state index in [2.05, 4.69) is 172 Å². The van der Waals surface area contributed by atoms with Crippen molar-refractivity contribution < 1.29 is 0 Å². The molecule has 0 spiro atoms. The van der Waals surface area contributed by atoms with Crippen LogP contribution < -0.4 is 0 Å². The van der Waals surface area contributed by atoms with Gasteiger partial charge >= 0.3 is 0 Å². The number of allylic oxidation sites excluding steroid dienone is 2. The first-order valence-electron chi connectivity index (χ1n) is 17.5. The van der Waals surface area contributed by atoms with E-state index in [4.69, 9.17) is 0 Å². The minimum absolute atomic E-state index is 0.454. The molecule has 0 atom stereocenters. The van der Waals surface area contributed by atoms with Crippen LogP contribution in [0, 0.1) is 23.7 Å². The topological polar surface area (TPSA) is 0 Å². The van der Waals surface area contributed by atoms with Crippen molar-refractivity contribution in [3.05, 3.63) is 11.6 Å². The third-order valence-corrected chi connectivity index (χ3v) is 19.6. The fourth-order valence-corrected chi connectivity index (χ4v) is 17.8. The average Bonchev–Trinajstić information content (AvgIpc) is 2.65. The van der Waals surface area contributed by atoms with Crippen molar-refractivity contribution >= 4 is 16.9 Å². The Morgan fingerprint density at radius 1 is 0.500 bits per heavy atom. The summed E-state index contributed by atoms with van der Waals surface area (Å²) in [7, 11) is -1.54. The maximum absolute atomic E-state index is 2.46. The Bertz CT molecular complexity index is 477. The molecule has 0 fully saturated rings. The lowest BCUT2D eigenvalue weighted by Gasteiger charge is -2.44. The molecule has 0 nitrogen and oxygen atoms in total. The SMILES string of the molecule is CC(C)=CC(C)C.CC(C)C.CC(C)C.CC(C)CC[Si](C(C)C)(C(C)C)C(C)C.CC(C)[SiH](C(C)C)C(C)C. The number of hydrogen-bond donors (Lipinski definition) is 0. The van der Waals surface area contributed by atoms with Crippen molar-refractivity contribution in [1.29, 1.82) is 0 Å². The van der Waals surface area contributed by atoms with Gasteiger partial charge in [-0.2, -0.15) is 0 Å². The van der Waals surface area contributed by atoms with Crippen LogP contribution in [0.25, 0.3) is 0 Å². The molecule has 0 radical (unpaired) electrons. The Morgan fingerprint density at radius 3 is 0.825 bits per heavy atom. The predicted molar refractivity (Wildman–Crippen MR) is 203 cm³/mol. The summed E-state index contributed by atoms with van der Waals surface area (Å²) in [5, 5.41) is 0. The molecule has 0 aromatic heterocycles. The summed E-state index contributed by atoms with van der Waals surface area (Å²) >= 11 is 0. The highest BCUT2D eigenvalue weighted by molar-refractivity contribution is 6.83. The molecule has 0 heterocycles. The van der Waals surface area contributed by atoms with Gasteiger partial charge in [-0.05, 0) is 37.5 Å². The van der Waals surface area contributed by atoms with Crippen LogP contribution >= 0.6 is 0 Å². The molecule has 0 rings (SSSR count). The first-order chi connectivity index (χ1) is 17.8. The second kappa shape index (κ2) is 28.0. The van der Waals surface area contributed by atoms with Gasteiger partial charge in [0.05, 0.1) is 8.07 Å². The zero-order chi connectivity index (χ0) is 33.5. The van der Waals surface area contributed by atoms with E-state index in [0.717, 1.165) is 51.0 Å². The average molecular weight is 601 g/mol. The quantitative estimate of drug-likeness (QED) is 0.173. The Hall–Kier alpha value is 0.174. The predicted octanol–water partition coefficient (Wildman–Crippen LogP) is 15.1. The maximum atomic E-state index is 2.46. The molecule has 0 aromatic rings. The molecule has 0 amide bonds. The Balaban J connectivity index is -0.000000141. The molecule has 0 N–H and O–H groups in total. The van der Waals surface area contributed by atoms with Crippen molar-refractivity contribution in [2.24, 2.45) is 23.7 Å². The van der Waals surface area contributed by atoms with Crippen LogP contribution in [0.1, 0.15) is 173 Å². The summed E-state index contributed by atoms with van der Waals surface area (Å²) in [6.45, 7) is 55.5. The molecule has 248 valence electrons. The van der Waals surface area contributed by atoms with Crippen LogP contribution in [0.4, 0.5) is 0 Å². The molecule has 0 bridgehead atoms. The fraction of sp³-hybridized carbons (Fsp3) is 0.947. The van der Waals surface area contributed by atoms with Crippen LogP contribution in [-0.4, -0.2) is 16.9 Å². The monoisotopic (exact) mass is 601 g/mol. The summed E-state index contributed by atoms with van der Waals surface area (Å²) in [5.74, 6) is 3.25. The van der Waals surface area contributed by atoms with Gasteiger partial charge in [-0.3, -0.25) is 0 Å². The second-order valence-corrected chi connectivity index (χ2v) is 28.1. The summed E-state index contributed by atoms with van der Waals surface area (Å²) in [4.78, 5) is 0. The van der Waals surface area contributed by atoms with E-state index >= 15 is 0 Å². The normalized spacial score (nSPS) is 11.7. The number of hydrogen-bond acceptors (Lipinski definition) is 0. The lowest BCUT2D eigenvalue weighted by atomic mass is 10.1. The first kappa shape index (κ1) is 49.8. The standard InChI is InChI=1S/C14H32Si.C9H22Si.C7H14.2C4H10/c1-11(2)9-10-15(12(3)4,13(5)6)14(7)8;1-7(2)10(8(3)4)9(5)6;1-6(2)5-7(3)4;2*1-4(2)3/h11-14H,9-10H2,1-8H3;7-10H,1-6H3;5-6H,1-4H3;2*4H,1-3H3. The summed E-state index contributed by atoms with van der Waals surface area (Å²) in [6, 6.07) is 1.53. The molecule has 2 heteroatoms. The number of rotatable bonds is 10. The Morgan fingerprint density at radius 2 is 0.750 bits per heavy atom. The van der Waals surface area contributed by atoms with Crippen molar-refractivity contribution in [3.8, 4) is 0 Å². The third-order valence-electron chi connectivity index (χ3n) is 7.36. The third kappa shape index (κ3) is 32.7. The van der Waals surface area contributed by atoms with Crippen molar-refractivity contribution in [2.45, 2.75) is 212 Å². The van der Waals surface area contributed by atoms with E-state index in [1.54, 1.807) is 0 Å². The van der Waals surface area contributed by atoms with Gasteiger partial charge in [0.25, 0.3) is 0 Å². The van der Waals surface area contributed by atoms with Gasteiger partial charge in [0.15, 0.2) is 0 Å². The first-order valence-corrected chi connectivity index (χ1v) is 21.9. The van der Waals surface area contributed by atoms with Crippen LogP contribution in [0.3, 0.4) is 0 Å². The van der Waals surface area contributed by atoms with Gasteiger partial charge < -0.3 is 0 Å². The lowest BCUT2D eigenvalue weighted by Crippen LogP contribution is -2.44. The van der Waals surface area contributed by atoms with Crippen molar-refractivity contribution in [3.63, 3.8) is 0 Å². The maximum Gasteiger partial charge on any atom is 0.0612 e. The Labute approximate surface area is 263 Å². The van der Waals surface area contributed by atoms with Gasteiger partial charge in [0.2, 0.25) is 0 Å². The van der Waals surface area contributed by atoms with E-state index in [9.17, 15) is 0 Å². The van der Waals surface area contributed by atoms with E-state index < -0.39 is 16.9 Å². The largest absolute Gasteiger partial charge is 0.0833 e. The van der Waals surface area contributed by atoms with Crippen LogP contribution in [-0.2, 0) is 0 Å². The molecular weight excluding hydrogens is 513 g/mol. The molecule has 40 heavy (non-hydrogen) atoms. The van der Waals surface area contributed by atoms with Crippen LogP contribution in [0.2, 0.25) is 39.3 Å². The highest BCUT2D eigenvalue weighted by Crippen LogP contribution is 2.45.